The van der Waals surface area contributed by atoms with Gasteiger partial charge in [-0.2, -0.15) is 0 Å². The zero-order valence-electron chi connectivity index (χ0n) is 16.5. The summed E-state index contributed by atoms with van der Waals surface area (Å²) >= 11 is 0. The molecule has 0 aromatic carbocycles. The molecule has 0 heterocycles. The Morgan fingerprint density at radius 3 is 2.70 bits per heavy atom. The predicted molar refractivity (Wildman–Crippen MR) is 109 cm³/mol. The van der Waals surface area contributed by atoms with Crippen molar-refractivity contribution in [2.75, 3.05) is 0 Å². The number of carbonyl (C=O) groups is 2. The highest BCUT2D eigenvalue weighted by atomic mass is 16.4. The van der Waals surface area contributed by atoms with E-state index in [1.807, 2.05) is 30.4 Å². The largest absolute Gasteiger partial charge is 0.481 e. The van der Waals surface area contributed by atoms with Gasteiger partial charge in [-0.15, -0.1) is 6.58 Å². The lowest BCUT2D eigenvalue weighted by atomic mass is 9.88. The van der Waals surface area contributed by atoms with Crippen LogP contribution in [0.2, 0.25) is 0 Å². The zero-order chi connectivity index (χ0) is 20.1. The van der Waals surface area contributed by atoms with Gasteiger partial charge in [-0.25, -0.2) is 0 Å². The number of aliphatic hydroxyl groups is 1. The smallest absolute Gasteiger partial charge is 0.303 e. The third-order valence-corrected chi connectivity index (χ3v) is 5.05. The molecule has 0 aliphatic heterocycles. The number of unbranched alkanes of at least 4 members (excludes halogenated alkanes) is 3. The van der Waals surface area contributed by atoms with Gasteiger partial charge in [-0.05, 0) is 38.2 Å². The fourth-order valence-electron chi connectivity index (χ4n) is 3.25. The van der Waals surface area contributed by atoms with Gasteiger partial charge in [-0.3, -0.25) is 9.59 Å². The molecule has 0 fully saturated rings. The van der Waals surface area contributed by atoms with Crippen molar-refractivity contribution in [1.82, 2.24) is 0 Å². The van der Waals surface area contributed by atoms with E-state index in [1.54, 1.807) is 12.2 Å². The summed E-state index contributed by atoms with van der Waals surface area (Å²) in [5.74, 6) is -0.709. The lowest BCUT2D eigenvalue weighted by molar-refractivity contribution is -0.137. The first-order valence-electron chi connectivity index (χ1n) is 10.0. The van der Waals surface area contributed by atoms with Crippen LogP contribution in [-0.4, -0.2) is 27.6 Å². The first-order valence-corrected chi connectivity index (χ1v) is 10.0. The van der Waals surface area contributed by atoms with E-state index < -0.39 is 11.6 Å². The molecule has 150 valence electrons. The molecule has 4 heteroatoms. The Hall–Kier alpha value is -1.94. The number of carbonyl (C=O) groups excluding carboxylic acids is 1. The lowest BCUT2D eigenvalue weighted by Gasteiger charge is -2.23. The SMILES string of the molecule is C=CC(O)(CC=C[C@H]1C=CC(=O)[C@@H]1CC=CCCCC(=O)O)CCCCC. The number of rotatable bonds is 14. The summed E-state index contributed by atoms with van der Waals surface area (Å²) in [5.41, 5.74) is -0.877. The van der Waals surface area contributed by atoms with E-state index in [2.05, 4.69) is 13.5 Å². The van der Waals surface area contributed by atoms with Crippen LogP contribution in [0.3, 0.4) is 0 Å². The van der Waals surface area contributed by atoms with E-state index in [0.717, 1.165) is 19.3 Å². The lowest BCUT2D eigenvalue weighted by Crippen LogP contribution is -2.24. The second-order valence-electron chi connectivity index (χ2n) is 7.34. The Kier molecular flexibility index (Phi) is 10.6. The minimum absolute atomic E-state index is 0.0471. The summed E-state index contributed by atoms with van der Waals surface area (Å²) in [6.07, 6.45) is 19.6. The normalized spacial score (nSPS) is 21.9. The molecule has 2 N–H and O–H groups in total. The molecule has 0 saturated heterocycles. The average Bonchev–Trinajstić information content (AvgIpc) is 2.98. The van der Waals surface area contributed by atoms with Crippen molar-refractivity contribution >= 4 is 11.8 Å². The molecule has 1 rings (SSSR count). The topological polar surface area (TPSA) is 74.6 Å². The van der Waals surface area contributed by atoms with Crippen LogP contribution in [0.4, 0.5) is 0 Å². The first-order chi connectivity index (χ1) is 12.9. The van der Waals surface area contributed by atoms with Crippen LogP contribution >= 0.6 is 0 Å². The number of carboxylic acids is 1. The molecular weight excluding hydrogens is 340 g/mol. The quantitative estimate of drug-likeness (QED) is 0.331. The summed E-state index contributed by atoms with van der Waals surface area (Å²) in [7, 11) is 0. The number of aliphatic carboxylic acids is 1. The van der Waals surface area contributed by atoms with E-state index in [4.69, 9.17) is 5.11 Å². The van der Waals surface area contributed by atoms with Gasteiger partial charge in [0, 0.05) is 18.3 Å². The maximum absolute atomic E-state index is 12.1. The first kappa shape index (κ1) is 23.1. The van der Waals surface area contributed by atoms with Crippen LogP contribution in [0.25, 0.3) is 0 Å². The Balaban J connectivity index is 2.49. The van der Waals surface area contributed by atoms with Crippen molar-refractivity contribution in [1.29, 1.82) is 0 Å². The van der Waals surface area contributed by atoms with Crippen LogP contribution in [0.5, 0.6) is 0 Å². The van der Waals surface area contributed by atoms with Crippen LogP contribution in [-0.2, 0) is 9.59 Å². The molecular formula is C23H34O4. The second-order valence-corrected chi connectivity index (χ2v) is 7.34. The molecule has 27 heavy (non-hydrogen) atoms. The van der Waals surface area contributed by atoms with E-state index in [-0.39, 0.29) is 24.0 Å². The van der Waals surface area contributed by atoms with Gasteiger partial charge >= 0.3 is 5.97 Å². The maximum atomic E-state index is 12.1. The highest BCUT2D eigenvalue weighted by Gasteiger charge is 2.27. The molecule has 3 atom stereocenters. The maximum Gasteiger partial charge on any atom is 0.303 e. The van der Waals surface area contributed by atoms with E-state index in [1.165, 1.54) is 0 Å². The summed E-state index contributed by atoms with van der Waals surface area (Å²) in [6, 6.07) is 0. The molecule has 0 radical (unpaired) electrons. The summed E-state index contributed by atoms with van der Waals surface area (Å²) in [6.45, 7) is 5.90. The Labute approximate surface area is 163 Å². The van der Waals surface area contributed by atoms with Crippen LogP contribution < -0.4 is 0 Å². The summed E-state index contributed by atoms with van der Waals surface area (Å²) < 4.78 is 0. The molecule has 1 aliphatic rings. The third kappa shape index (κ3) is 9.00. The highest BCUT2D eigenvalue weighted by Crippen LogP contribution is 2.28. The van der Waals surface area contributed by atoms with E-state index in [9.17, 15) is 14.7 Å². The Morgan fingerprint density at radius 1 is 1.26 bits per heavy atom. The van der Waals surface area contributed by atoms with E-state index in [0.29, 0.717) is 32.1 Å². The number of hydrogen-bond donors (Lipinski definition) is 2. The van der Waals surface area contributed by atoms with Crippen LogP contribution in [0.15, 0.2) is 49.1 Å². The van der Waals surface area contributed by atoms with Crippen molar-refractivity contribution in [2.24, 2.45) is 11.8 Å². The van der Waals surface area contributed by atoms with Gasteiger partial charge in [0.2, 0.25) is 0 Å². The minimum Gasteiger partial charge on any atom is -0.481 e. The van der Waals surface area contributed by atoms with E-state index >= 15 is 0 Å². The summed E-state index contributed by atoms with van der Waals surface area (Å²) in [4.78, 5) is 22.6. The fourth-order valence-corrected chi connectivity index (χ4v) is 3.25. The van der Waals surface area contributed by atoms with Gasteiger partial charge < -0.3 is 10.2 Å². The molecule has 0 aromatic rings. The number of allylic oxidation sites excluding steroid dienone is 5. The Morgan fingerprint density at radius 2 is 2.04 bits per heavy atom. The van der Waals surface area contributed by atoms with Crippen molar-refractivity contribution in [2.45, 2.75) is 70.3 Å². The molecule has 0 spiro atoms. The standard InChI is InChI=1S/C23H34O4/c1-3-5-10-17-23(27,4-2)18-11-12-19-15-16-21(24)20(19)13-8-6-7-9-14-22(25)26/h4,6,8,11-12,15-16,19-20,27H,2-3,5,7,9-10,13-14,17-18H2,1H3,(H,25,26)/t19-,20+,23?/m0/s1. The number of hydrogen-bond acceptors (Lipinski definition) is 3. The third-order valence-electron chi connectivity index (χ3n) is 5.05. The van der Waals surface area contributed by atoms with Crippen LogP contribution in [0, 0.1) is 11.8 Å². The van der Waals surface area contributed by atoms with Crippen molar-refractivity contribution in [3.8, 4) is 0 Å². The van der Waals surface area contributed by atoms with Gasteiger partial charge in [0.15, 0.2) is 5.78 Å². The molecule has 0 amide bonds. The average molecular weight is 375 g/mol. The van der Waals surface area contributed by atoms with Crippen molar-refractivity contribution < 1.29 is 19.8 Å². The minimum atomic E-state index is -0.877. The molecule has 0 aromatic heterocycles. The predicted octanol–water partition coefficient (Wildman–Crippen LogP) is 5.00. The second kappa shape index (κ2) is 12.4. The summed E-state index contributed by atoms with van der Waals surface area (Å²) in [5, 5.41) is 19.2. The van der Waals surface area contributed by atoms with Gasteiger partial charge in [0.1, 0.15) is 0 Å². The molecule has 1 aliphatic carbocycles. The molecule has 1 unspecified atom stereocenters. The number of carboxylic acid groups (broad SMARTS) is 1. The van der Waals surface area contributed by atoms with Crippen molar-refractivity contribution in [3.05, 3.63) is 49.1 Å². The number of ketones is 1. The zero-order valence-corrected chi connectivity index (χ0v) is 16.5. The fraction of sp³-hybridized carbons (Fsp3) is 0.565. The highest BCUT2D eigenvalue weighted by molar-refractivity contribution is 5.95. The van der Waals surface area contributed by atoms with Crippen molar-refractivity contribution in [3.63, 3.8) is 0 Å². The van der Waals surface area contributed by atoms with Gasteiger partial charge in [0.05, 0.1) is 5.60 Å². The van der Waals surface area contributed by atoms with Gasteiger partial charge in [0.25, 0.3) is 0 Å². The monoisotopic (exact) mass is 374 g/mol. The molecule has 0 bridgehead atoms. The van der Waals surface area contributed by atoms with Crippen LogP contribution in [0.1, 0.15) is 64.7 Å². The molecule has 4 nitrogen and oxygen atoms in total. The Bertz CT molecular complexity index is 573. The van der Waals surface area contributed by atoms with Gasteiger partial charge in [-0.1, -0.05) is 62.6 Å². The molecule has 0 saturated carbocycles.